The molecule has 0 spiro atoms. The molecule has 0 aliphatic heterocycles. The van der Waals surface area contributed by atoms with Crippen LogP contribution in [0.15, 0.2) is 17.3 Å². The van der Waals surface area contributed by atoms with Crippen molar-refractivity contribution in [2.24, 2.45) is 4.99 Å². The van der Waals surface area contributed by atoms with Crippen molar-refractivity contribution >= 4 is 17.8 Å². The molecule has 1 aromatic rings. The van der Waals surface area contributed by atoms with Gasteiger partial charge in [0.05, 0.1) is 6.20 Å². The Hall–Kier alpha value is -1.00. The SMILES string of the molecule is OC/N=C/c1ccnnc1Cl. The van der Waals surface area contributed by atoms with E-state index in [-0.39, 0.29) is 11.9 Å². The Morgan fingerprint density at radius 3 is 3.18 bits per heavy atom. The predicted molar refractivity (Wildman–Crippen MR) is 41.7 cm³/mol. The average Bonchev–Trinajstić information content (AvgIpc) is 2.03. The summed E-state index contributed by atoms with van der Waals surface area (Å²) in [4.78, 5) is 3.58. The van der Waals surface area contributed by atoms with E-state index in [4.69, 9.17) is 16.7 Å². The zero-order valence-electron chi connectivity index (χ0n) is 5.61. The van der Waals surface area contributed by atoms with Crippen molar-refractivity contribution in [1.82, 2.24) is 10.2 Å². The highest BCUT2D eigenvalue weighted by Crippen LogP contribution is 2.06. The molecule has 0 saturated carbocycles. The highest BCUT2D eigenvalue weighted by atomic mass is 35.5. The molecule has 58 valence electrons. The molecule has 0 fully saturated rings. The van der Waals surface area contributed by atoms with Crippen LogP contribution in [0.25, 0.3) is 0 Å². The molecule has 0 unspecified atom stereocenters. The Balaban J connectivity index is 2.86. The van der Waals surface area contributed by atoms with Gasteiger partial charge >= 0.3 is 0 Å². The predicted octanol–water partition coefficient (Wildman–Crippen LogP) is 0.499. The average molecular weight is 172 g/mol. The summed E-state index contributed by atoms with van der Waals surface area (Å²) in [6, 6.07) is 1.66. The maximum atomic E-state index is 8.34. The summed E-state index contributed by atoms with van der Waals surface area (Å²) in [5.41, 5.74) is 0.649. The molecule has 0 aliphatic carbocycles. The van der Waals surface area contributed by atoms with Crippen LogP contribution in [-0.2, 0) is 0 Å². The molecule has 0 aromatic carbocycles. The van der Waals surface area contributed by atoms with Gasteiger partial charge in [0.2, 0.25) is 0 Å². The van der Waals surface area contributed by atoms with E-state index in [1.165, 1.54) is 12.4 Å². The van der Waals surface area contributed by atoms with E-state index >= 15 is 0 Å². The second-order valence-electron chi connectivity index (χ2n) is 1.73. The summed E-state index contributed by atoms with van der Waals surface area (Å²) in [7, 11) is 0. The van der Waals surface area contributed by atoms with Gasteiger partial charge in [0, 0.05) is 11.8 Å². The monoisotopic (exact) mass is 171 g/mol. The Labute approximate surface area is 68.6 Å². The van der Waals surface area contributed by atoms with Crippen LogP contribution in [0.3, 0.4) is 0 Å². The van der Waals surface area contributed by atoms with Gasteiger partial charge in [-0.3, -0.25) is 4.99 Å². The molecule has 0 bridgehead atoms. The van der Waals surface area contributed by atoms with Crippen LogP contribution in [0.5, 0.6) is 0 Å². The maximum absolute atomic E-state index is 8.34. The quantitative estimate of drug-likeness (QED) is 0.660. The second-order valence-corrected chi connectivity index (χ2v) is 2.09. The zero-order valence-corrected chi connectivity index (χ0v) is 6.36. The molecule has 1 aromatic heterocycles. The van der Waals surface area contributed by atoms with Crippen LogP contribution in [0.4, 0.5) is 0 Å². The summed E-state index contributed by atoms with van der Waals surface area (Å²) < 4.78 is 0. The van der Waals surface area contributed by atoms with Crippen molar-refractivity contribution in [3.63, 3.8) is 0 Å². The lowest BCUT2D eigenvalue weighted by molar-refractivity contribution is 0.310. The van der Waals surface area contributed by atoms with Crippen molar-refractivity contribution < 1.29 is 5.11 Å². The first-order chi connectivity index (χ1) is 5.34. The Bertz CT molecular complexity index is 264. The van der Waals surface area contributed by atoms with Gasteiger partial charge in [0.25, 0.3) is 0 Å². The van der Waals surface area contributed by atoms with Gasteiger partial charge in [-0.2, -0.15) is 5.10 Å². The van der Waals surface area contributed by atoms with Crippen LogP contribution in [0.2, 0.25) is 5.15 Å². The van der Waals surface area contributed by atoms with E-state index < -0.39 is 0 Å². The van der Waals surface area contributed by atoms with E-state index in [0.717, 1.165) is 0 Å². The number of hydrogen-bond donors (Lipinski definition) is 1. The van der Waals surface area contributed by atoms with Gasteiger partial charge in [0.1, 0.15) is 6.73 Å². The van der Waals surface area contributed by atoms with Gasteiger partial charge in [-0.25, -0.2) is 0 Å². The molecular weight excluding hydrogens is 166 g/mol. The van der Waals surface area contributed by atoms with Crippen molar-refractivity contribution in [2.75, 3.05) is 6.73 Å². The minimum Gasteiger partial charge on any atom is -0.375 e. The fourth-order valence-electron chi connectivity index (χ4n) is 0.560. The number of halogens is 1. The second kappa shape index (κ2) is 4.00. The topological polar surface area (TPSA) is 58.4 Å². The molecule has 1 N–H and O–H groups in total. The van der Waals surface area contributed by atoms with Crippen LogP contribution in [0.1, 0.15) is 5.56 Å². The summed E-state index contributed by atoms with van der Waals surface area (Å²) in [6.45, 7) is -0.251. The molecule has 1 heterocycles. The van der Waals surface area contributed by atoms with Gasteiger partial charge in [-0.1, -0.05) is 11.6 Å². The highest BCUT2D eigenvalue weighted by Gasteiger charge is 1.95. The summed E-state index contributed by atoms with van der Waals surface area (Å²) in [6.07, 6.45) is 2.95. The summed E-state index contributed by atoms with van der Waals surface area (Å²) in [5, 5.41) is 15.7. The third-order valence-corrected chi connectivity index (χ3v) is 1.31. The van der Waals surface area contributed by atoms with Crippen molar-refractivity contribution in [1.29, 1.82) is 0 Å². The number of aliphatic imine (C=N–C) groups is 1. The van der Waals surface area contributed by atoms with E-state index in [1.807, 2.05) is 0 Å². The molecule has 11 heavy (non-hydrogen) atoms. The fourth-order valence-corrected chi connectivity index (χ4v) is 0.715. The van der Waals surface area contributed by atoms with Gasteiger partial charge in [-0.05, 0) is 6.07 Å². The fraction of sp³-hybridized carbons (Fsp3) is 0.167. The smallest absolute Gasteiger partial charge is 0.160 e. The first-order valence-corrected chi connectivity index (χ1v) is 3.30. The molecule has 5 heteroatoms. The van der Waals surface area contributed by atoms with Crippen LogP contribution >= 0.6 is 11.6 Å². The number of rotatable bonds is 2. The van der Waals surface area contributed by atoms with Crippen LogP contribution in [-0.4, -0.2) is 28.2 Å². The Kier molecular flexibility index (Phi) is 2.95. The molecular formula is C6H6ClN3O. The molecule has 0 amide bonds. The van der Waals surface area contributed by atoms with Gasteiger partial charge in [-0.15, -0.1) is 5.10 Å². The molecule has 0 atom stereocenters. The first-order valence-electron chi connectivity index (χ1n) is 2.92. The number of aliphatic hydroxyl groups excluding tert-OH is 1. The van der Waals surface area contributed by atoms with Gasteiger partial charge in [0.15, 0.2) is 5.15 Å². The van der Waals surface area contributed by atoms with Crippen LogP contribution < -0.4 is 0 Å². The van der Waals surface area contributed by atoms with E-state index in [1.54, 1.807) is 6.07 Å². The molecule has 0 aliphatic rings. The van der Waals surface area contributed by atoms with E-state index in [9.17, 15) is 0 Å². The first kappa shape index (κ1) is 8.10. The molecule has 0 radical (unpaired) electrons. The number of hydrogen-bond acceptors (Lipinski definition) is 4. The number of aromatic nitrogens is 2. The maximum Gasteiger partial charge on any atom is 0.160 e. The highest BCUT2D eigenvalue weighted by molar-refractivity contribution is 6.31. The number of nitrogens with zero attached hydrogens (tertiary/aromatic N) is 3. The van der Waals surface area contributed by atoms with Gasteiger partial charge < -0.3 is 5.11 Å². The molecule has 0 saturated heterocycles. The summed E-state index contributed by atoms with van der Waals surface area (Å²) in [5.74, 6) is 0. The third kappa shape index (κ3) is 2.25. The van der Waals surface area contributed by atoms with Crippen molar-refractivity contribution in [2.45, 2.75) is 0 Å². The van der Waals surface area contributed by atoms with E-state index in [0.29, 0.717) is 5.56 Å². The minimum atomic E-state index is -0.251. The normalized spacial score (nSPS) is 10.7. The van der Waals surface area contributed by atoms with Crippen molar-refractivity contribution in [3.8, 4) is 0 Å². The third-order valence-electron chi connectivity index (χ3n) is 1.02. The summed E-state index contributed by atoms with van der Waals surface area (Å²) >= 11 is 5.61. The lowest BCUT2D eigenvalue weighted by atomic mass is 10.3. The minimum absolute atomic E-state index is 0.251. The van der Waals surface area contributed by atoms with Crippen molar-refractivity contribution in [3.05, 3.63) is 23.0 Å². The Morgan fingerprint density at radius 2 is 2.55 bits per heavy atom. The lowest BCUT2D eigenvalue weighted by Gasteiger charge is -1.91. The molecule has 1 rings (SSSR count). The van der Waals surface area contributed by atoms with Crippen LogP contribution in [0, 0.1) is 0 Å². The largest absolute Gasteiger partial charge is 0.375 e. The zero-order chi connectivity index (χ0) is 8.10. The standard InChI is InChI=1S/C6H6ClN3O/c7-6-5(3-8-4-11)1-2-9-10-6/h1-3,11H,4H2/b8-3+. The lowest BCUT2D eigenvalue weighted by Crippen LogP contribution is -1.89. The van der Waals surface area contributed by atoms with E-state index in [2.05, 4.69) is 15.2 Å². The Morgan fingerprint density at radius 1 is 1.73 bits per heavy atom. The molecule has 4 nitrogen and oxygen atoms in total. The number of aliphatic hydroxyl groups is 1.